The van der Waals surface area contributed by atoms with E-state index in [4.69, 9.17) is 5.73 Å². The molecule has 1 aromatic heterocycles. The number of fused-ring (bicyclic) bond motifs is 1. The first-order valence-electron chi connectivity index (χ1n) is 6.58. The van der Waals surface area contributed by atoms with Gasteiger partial charge in [-0.25, -0.2) is 9.78 Å². The number of nitrogens with one attached hydrogen (secondary N) is 1. The Kier molecular flexibility index (Phi) is 4.53. The number of carboxylic acids is 1. The van der Waals surface area contributed by atoms with Crippen molar-refractivity contribution in [2.75, 3.05) is 5.32 Å². The number of carboxylic acid groups (broad SMARTS) is 1. The summed E-state index contributed by atoms with van der Waals surface area (Å²) in [6.07, 6.45) is 1.51. The van der Waals surface area contributed by atoms with Gasteiger partial charge in [0.05, 0.1) is 11.6 Å². The van der Waals surface area contributed by atoms with Gasteiger partial charge in [0.25, 0.3) is 0 Å². The molecule has 4 N–H and O–H groups in total. The van der Waals surface area contributed by atoms with Crippen LogP contribution in [0.4, 0.5) is 5.82 Å². The summed E-state index contributed by atoms with van der Waals surface area (Å²) in [4.78, 5) is 26.3. The summed E-state index contributed by atoms with van der Waals surface area (Å²) in [7, 11) is 0. The summed E-state index contributed by atoms with van der Waals surface area (Å²) in [5.74, 6) is -1.39. The van der Waals surface area contributed by atoms with E-state index in [0.29, 0.717) is 16.8 Å². The molecule has 1 amide bonds. The molecule has 1 atom stereocenters. The molecule has 0 aliphatic carbocycles. The minimum absolute atomic E-state index is 0.0391. The maximum atomic E-state index is 11.3. The number of aliphatic carboxylic acids is 1. The van der Waals surface area contributed by atoms with Gasteiger partial charge in [-0.1, -0.05) is 12.1 Å². The molecular weight excluding hydrogens is 284 g/mol. The van der Waals surface area contributed by atoms with Crippen molar-refractivity contribution < 1.29 is 14.7 Å². The predicted molar refractivity (Wildman–Crippen MR) is 79.9 cm³/mol. The number of nitrogens with two attached hydrogens (primary N) is 1. The second-order valence-electron chi connectivity index (χ2n) is 4.72. The molecule has 1 heterocycles. The number of benzene rings is 1. The Morgan fingerprint density at radius 2 is 2.18 bits per heavy atom. The van der Waals surface area contributed by atoms with Crippen LogP contribution in [0.3, 0.4) is 0 Å². The molecular formula is C15H14N4O3. The number of nitrogens with zero attached hydrogens (tertiary/aromatic N) is 2. The summed E-state index contributed by atoms with van der Waals surface area (Å²) in [5, 5.41) is 22.5. The number of nitriles is 1. The second kappa shape index (κ2) is 6.54. The number of anilines is 1. The van der Waals surface area contributed by atoms with Gasteiger partial charge in [-0.3, -0.25) is 4.79 Å². The molecule has 2 rings (SSSR count). The molecule has 0 radical (unpaired) electrons. The van der Waals surface area contributed by atoms with Gasteiger partial charge in [-0.05, 0) is 23.9 Å². The first-order chi connectivity index (χ1) is 10.5. The zero-order valence-electron chi connectivity index (χ0n) is 11.6. The van der Waals surface area contributed by atoms with Gasteiger partial charge in [0, 0.05) is 18.0 Å². The monoisotopic (exact) mass is 298 g/mol. The molecule has 7 heteroatoms. The summed E-state index contributed by atoms with van der Waals surface area (Å²) in [6.45, 7) is 0. The third kappa shape index (κ3) is 3.30. The smallest absolute Gasteiger partial charge is 0.326 e. The summed E-state index contributed by atoms with van der Waals surface area (Å²) < 4.78 is 0. The van der Waals surface area contributed by atoms with Crippen LogP contribution in [0.1, 0.15) is 18.4 Å². The molecule has 0 saturated carbocycles. The molecule has 1 aromatic carbocycles. The Bertz CT molecular complexity index is 762. The van der Waals surface area contributed by atoms with Crippen molar-refractivity contribution >= 4 is 28.5 Å². The number of hydrogen-bond donors (Lipinski definition) is 3. The van der Waals surface area contributed by atoms with Gasteiger partial charge in [0.1, 0.15) is 11.9 Å². The summed E-state index contributed by atoms with van der Waals surface area (Å²) in [6, 6.07) is 7.97. The van der Waals surface area contributed by atoms with Crippen LogP contribution in [0.5, 0.6) is 0 Å². The van der Waals surface area contributed by atoms with Crippen molar-refractivity contribution in [1.82, 2.24) is 4.98 Å². The Morgan fingerprint density at radius 3 is 2.82 bits per heavy atom. The van der Waals surface area contributed by atoms with Gasteiger partial charge in [0.15, 0.2) is 0 Å². The Morgan fingerprint density at radius 1 is 1.41 bits per heavy atom. The highest BCUT2D eigenvalue weighted by Crippen LogP contribution is 2.25. The zero-order valence-corrected chi connectivity index (χ0v) is 11.6. The van der Waals surface area contributed by atoms with Gasteiger partial charge in [-0.2, -0.15) is 5.26 Å². The summed E-state index contributed by atoms with van der Waals surface area (Å²) in [5.41, 5.74) is 5.45. The van der Waals surface area contributed by atoms with Crippen LogP contribution in [-0.4, -0.2) is 28.0 Å². The number of hydrogen-bond acceptors (Lipinski definition) is 5. The van der Waals surface area contributed by atoms with Crippen LogP contribution in [0.2, 0.25) is 0 Å². The van der Waals surface area contributed by atoms with Crippen LogP contribution in [0.25, 0.3) is 10.8 Å². The SMILES string of the molecule is N#Cc1cccc2ccnc(NC(CCC(N)=O)C(=O)O)c12. The lowest BCUT2D eigenvalue weighted by atomic mass is 10.1. The van der Waals surface area contributed by atoms with E-state index < -0.39 is 17.9 Å². The average molecular weight is 298 g/mol. The molecule has 0 aliphatic heterocycles. The molecule has 0 fully saturated rings. The lowest BCUT2D eigenvalue weighted by Gasteiger charge is -2.16. The first-order valence-corrected chi connectivity index (χ1v) is 6.58. The van der Waals surface area contributed by atoms with Crippen molar-refractivity contribution in [3.63, 3.8) is 0 Å². The number of aromatic nitrogens is 1. The van der Waals surface area contributed by atoms with Crippen LogP contribution < -0.4 is 11.1 Å². The number of pyridine rings is 1. The minimum atomic E-state index is -1.12. The van der Waals surface area contributed by atoms with Gasteiger partial charge in [-0.15, -0.1) is 0 Å². The maximum absolute atomic E-state index is 11.3. The molecule has 7 nitrogen and oxygen atoms in total. The summed E-state index contributed by atoms with van der Waals surface area (Å²) >= 11 is 0. The highest BCUT2D eigenvalue weighted by atomic mass is 16.4. The highest BCUT2D eigenvalue weighted by molar-refractivity contribution is 5.97. The number of amides is 1. The Labute approximate surface area is 126 Å². The number of rotatable bonds is 6. The lowest BCUT2D eigenvalue weighted by molar-refractivity contribution is -0.138. The maximum Gasteiger partial charge on any atom is 0.326 e. The van der Waals surface area contributed by atoms with Crippen molar-refractivity contribution in [2.45, 2.75) is 18.9 Å². The fourth-order valence-electron chi connectivity index (χ4n) is 2.14. The molecule has 22 heavy (non-hydrogen) atoms. The largest absolute Gasteiger partial charge is 0.480 e. The van der Waals surface area contributed by atoms with E-state index in [1.54, 1.807) is 18.2 Å². The predicted octanol–water partition coefficient (Wildman–Crippen LogP) is 1.24. The van der Waals surface area contributed by atoms with Gasteiger partial charge < -0.3 is 16.2 Å². The first kappa shape index (κ1) is 15.3. The number of primary amides is 1. The second-order valence-corrected chi connectivity index (χ2v) is 4.72. The number of carbonyl (C=O) groups excluding carboxylic acids is 1. The number of carbonyl (C=O) groups is 2. The fourth-order valence-corrected chi connectivity index (χ4v) is 2.14. The Hall–Kier alpha value is -3.14. The third-order valence-corrected chi connectivity index (χ3v) is 3.20. The van der Waals surface area contributed by atoms with Crippen LogP contribution in [0, 0.1) is 11.3 Å². The highest BCUT2D eigenvalue weighted by Gasteiger charge is 2.20. The topological polar surface area (TPSA) is 129 Å². The van der Waals surface area contributed by atoms with E-state index in [0.717, 1.165) is 5.39 Å². The van der Waals surface area contributed by atoms with E-state index in [1.165, 1.54) is 6.20 Å². The normalized spacial score (nSPS) is 11.6. The van der Waals surface area contributed by atoms with E-state index in [2.05, 4.69) is 16.4 Å². The fraction of sp³-hybridized carbons (Fsp3) is 0.200. The Balaban J connectivity index is 2.39. The average Bonchev–Trinajstić information content (AvgIpc) is 2.50. The van der Waals surface area contributed by atoms with E-state index in [-0.39, 0.29) is 12.8 Å². The standard InChI is InChI=1S/C15H14N4O3/c16-8-10-3-1-2-9-6-7-18-14(13(9)10)19-11(15(21)22)4-5-12(17)20/h1-3,6-7,11H,4-5H2,(H2,17,20)(H,18,19)(H,21,22). The molecule has 0 bridgehead atoms. The molecule has 0 aliphatic rings. The van der Waals surface area contributed by atoms with Crippen molar-refractivity contribution in [1.29, 1.82) is 5.26 Å². The van der Waals surface area contributed by atoms with Crippen molar-refractivity contribution in [3.8, 4) is 6.07 Å². The lowest BCUT2D eigenvalue weighted by Crippen LogP contribution is -2.31. The molecule has 112 valence electrons. The molecule has 0 spiro atoms. The third-order valence-electron chi connectivity index (χ3n) is 3.20. The van der Waals surface area contributed by atoms with E-state index in [9.17, 15) is 20.0 Å². The quantitative estimate of drug-likeness (QED) is 0.735. The van der Waals surface area contributed by atoms with E-state index >= 15 is 0 Å². The zero-order chi connectivity index (χ0) is 16.1. The van der Waals surface area contributed by atoms with Gasteiger partial charge in [0.2, 0.25) is 5.91 Å². The molecule has 2 aromatic rings. The molecule has 0 saturated heterocycles. The van der Waals surface area contributed by atoms with Crippen LogP contribution >= 0.6 is 0 Å². The van der Waals surface area contributed by atoms with Crippen LogP contribution in [-0.2, 0) is 9.59 Å². The van der Waals surface area contributed by atoms with Crippen LogP contribution in [0.15, 0.2) is 30.5 Å². The van der Waals surface area contributed by atoms with E-state index in [1.807, 2.05) is 6.07 Å². The minimum Gasteiger partial charge on any atom is -0.480 e. The molecule has 1 unspecified atom stereocenters. The van der Waals surface area contributed by atoms with Gasteiger partial charge >= 0.3 is 5.97 Å². The van der Waals surface area contributed by atoms with Crippen molar-refractivity contribution in [2.24, 2.45) is 5.73 Å². The van der Waals surface area contributed by atoms with Crippen molar-refractivity contribution in [3.05, 3.63) is 36.0 Å².